The van der Waals surface area contributed by atoms with Crippen LogP contribution in [0, 0.1) is 0 Å². The van der Waals surface area contributed by atoms with Crippen LogP contribution in [-0.4, -0.2) is 17.1 Å². The summed E-state index contributed by atoms with van der Waals surface area (Å²) >= 11 is 0. The first-order valence-electron chi connectivity index (χ1n) is 5.85. The Hall–Kier alpha value is -1.81. The lowest BCUT2D eigenvalue weighted by atomic mass is 10.1. The molecule has 18 heavy (non-hydrogen) atoms. The van der Waals surface area contributed by atoms with Crippen LogP contribution in [-0.2, 0) is 4.79 Å². The highest BCUT2D eigenvalue weighted by Crippen LogP contribution is 2.05. The maximum atomic E-state index is 11.3. The van der Waals surface area contributed by atoms with Crippen LogP contribution in [0.5, 0.6) is 0 Å². The van der Waals surface area contributed by atoms with E-state index in [4.69, 9.17) is 5.73 Å². The highest BCUT2D eigenvalue weighted by molar-refractivity contribution is 5.88. The molecule has 1 amide bonds. The lowest BCUT2D eigenvalue weighted by molar-refractivity contribution is -0.115. The van der Waals surface area contributed by atoms with E-state index in [9.17, 15) is 9.90 Å². The summed E-state index contributed by atoms with van der Waals surface area (Å²) in [4.78, 5) is 11.3. The van der Waals surface area contributed by atoms with Crippen LogP contribution in [0.3, 0.4) is 0 Å². The van der Waals surface area contributed by atoms with E-state index in [0.29, 0.717) is 29.8 Å². The second-order valence-electron chi connectivity index (χ2n) is 4.02. The first kappa shape index (κ1) is 16.2. The van der Waals surface area contributed by atoms with E-state index in [2.05, 4.69) is 18.5 Å². The molecule has 4 heteroatoms. The number of carbonyl (C=O) groups is 1. The first-order chi connectivity index (χ1) is 8.36. The average molecular weight is 250 g/mol. The molecule has 0 aliphatic carbocycles. The van der Waals surface area contributed by atoms with Crippen LogP contribution in [0.25, 0.3) is 0 Å². The van der Waals surface area contributed by atoms with E-state index < -0.39 is 6.10 Å². The standard InChI is InChI=1S/C14H22N2O2/c1-5-11(3)16-14(18)8-6-7-13(15)9-10(2)12(4)17/h6,8-9,12,17H,2-3,5,7,15H2,1,4H3,(H,16,18)/b8-6+,13-9-. The average Bonchev–Trinajstić information content (AvgIpc) is 2.28. The summed E-state index contributed by atoms with van der Waals surface area (Å²) in [5, 5.41) is 11.8. The van der Waals surface area contributed by atoms with Crippen molar-refractivity contribution >= 4 is 5.91 Å². The Morgan fingerprint density at radius 1 is 1.50 bits per heavy atom. The summed E-state index contributed by atoms with van der Waals surface area (Å²) in [6, 6.07) is 0. The molecule has 0 saturated carbocycles. The number of nitrogens with one attached hydrogen (secondary N) is 1. The fourth-order valence-corrected chi connectivity index (χ4v) is 1.02. The molecule has 0 bridgehead atoms. The third-order valence-electron chi connectivity index (χ3n) is 2.26. The molecule has 100 valence electrons. The maximum Gasteiger partial charge on any atom is 0.247 e. The summed E-state index contributed by atoms with van der Waals surface area (Å²) in [6.07, 6.45) is 5.18. The summed E-state index contributed by atoms with van der Waals surface area (Å²) in [5.41, 5.74) is 7.48. The van der Waals surface area contributed by atoms with Crippen molar-refractivity contribution in [2.24, 2.45) is 5.73 Å². The van der Waals surface area contributed by atoms with Gasteiger partial charge in [0.2, 0.25) is 5.91 Å². The van der Waals surface area contributed by atoms with Crippen molar-refractivity contribution in [1.29, 1.82) is 0 Å². The fourth-order valence-electron chi connectivity index (χ4n) is 1.02. The minimum Gasteiger partial charge on any atom is -0.402 e. The van der Waals surface area contributed by atoms with Crippen molar-refractivity contribution in [1.82, 2.24) is 5.32 Å². The van der Waals surface area contributed by atoms with Gasteiger partial charge in [0, 0.05) is 17.8 Å². The number of nitrogens with two attached hydrogens (primary N) is 1. The Bertz CT molecular complexity index is 379. The minimum atomic E-state index is -0.622. The molecular formula is C14H22N2O2. The molecule has 0 aliphatic heterocycles. The molecule has 0 fully saturated rings. The molecule has 0 aromatic carbocycles. The normalized spacial score (nSPS) is 13.4. The SMILES string of the molecule is C=C(CC)NC(=O)/C=C/C/C(N)=C/C(=C)C(C)O. The molecule has 4 N–H and O–H groups in total. The summed E-state index contributed by atoms with van der Waals surface area (Å²) in [6.45, 7) is 10.9. The van der Waals surface area contributed by atoms with Gasteiger partial charge >= 0.3 is 0 Å². The van der Waals surface area contributed by atoms with Crippen molar-refractivity contribution in [2.45, 2.75) is 32.8 Å². The molecule has 0 aliphatic rings. The van der Waals surface area contributed by atoms with Crippen LogP contribution in [0.15, 0.2) is 48.4 Å². The van der Waals surface area contributed by atoms with Crippen molar-refractivity contribution in [3.05, 3.63) is 48.4 Å². The second-order valence-corrected chi connectivity index (χ2v) is 4.02. The van der Waals surface area contributed by atoms with Gasteiger partial charge in [-0.05, 0) is 31.1 Å². The van der Waals surface area contributed by atoms with Crippen LogP contribution in [0.1, 0.15) is 26.7 Å². The van der Waals surface area contributed by atoms with Crippen molar-refractivity contribution in [3.63, 3.8) is 0 Å². The van der Waals surface area contributed by atoms with Gasteiger partial charge in [0.1, 0.15) is 0 Å². The Morgan fingerprint density at radius 2 is 2.11 bits per heavy atom. The van der Waals surface area contributed by atoms with Gasteiger partial charge in [-0.15, -0.1) is 0 Å². The zero-order chi connectivity index (χ0) is 14.1. The number of hydrogen-bond acceptors (Lipinski definition) is 3. The molecule has 0 rings (SSSR count). The van der Waals surface area contributed by atoms with Gasteiger partial charge in [-0.3, -0.25) is 4.79 Å². The highest BCUT2D eigenvalue weighted by atomic mass is 16.3. The third kappa shape index (κ3) is 7.46. The molecular weight excluding hydrogens is 228 g/mol. The van der Waals surface area contributed by atoms with E-state index in [1.807, 2.05) is 6.92 Å². The number of amides is 1. The molecule has 0 radical (unpaired) electrons. The monoisotopic (exact) mass is 250 g/mol. The summed E-state index contributed by atoms with van der Waals surface area (Å²) < 4.78 is 0. The first-order valence-corrected chi connectivity index (χ1v) is 5.85. The van der Waals surface area contributed by atoms with Crippen molar-refractivity contribution < 1.29 is 9.90 Å². The number of allylic oxidation sites excluding steroid dienone is 2. The smallest absolute Gasteiger partial charge is 0.247 e. The van der Waals surface area contributed by atoms with Gasteiger partial charge in [0.25, 0.3) is 0 Å². The molecule has 0 spiro atoms. The fraction of sp³-hybridized carbons (Fsp3) is 0.357. The van der Waals surface area contributed by atoms with Crippen LogP contribution >= 0.6 is 0 Å². The molecule has 4 nitrogen and oxygen atoms in total. The predicted octanol–water partition coefficient (Wildman–Crippen LogP) is 1.75. The van der Waals surface area contributed by atoms with Gasteiger partial charge in [0.05, 0.1) is 6.10 Å². The van der Waals surface area contributed by atoms with Gasteiger partial charge in [-0.1, -0.05) is 26.2 Å². The molecule has 0 aromatic heterocycles. The lowest BCUT2D eigenvalue weighted by Gasteiger charge is -2.04. The van der Waals surface area contributed by atoms with Crippen LogP contribution in [0.2, 0.25) is 0 Å². The zero-order valence-electron chi connectivity index (χ0n) is 11.1. The molecule has 0 heterocycles. The quantitative estimate of drug-likeness (QED) is 0.476. The third-order valence-corrected chi connectivity index (χ3v) is 2.26. The van der Waals surface area contributed by atoms with E-state index in [1.165, 1.54) is 6.08 Å². The van der Waals surface area contributed by atoms with Crippen LogP contribution < -0.4 is 11.1 Å². The van der Waals surface area contributed by atoms with E-state index in [0.717, 1.165) is 0 Å². The predicted molar refractivity (Wildman–Crippen MR) is 74.4 cm³/mol. The Labute approximate surface area is 109 Å². The molecule has 1 unspecified atom stereocenters. The van der Waals surface area contributed by atoms with Crippen molar-refractivity contribution in [2.75, 3.05) is 0 Å². The molecule has 0 saturated heterocycles. The summed E-state index contributed by atoms with van der Waals surface area (Å²) in [7, 11) is 0. The second kappa shape index (κ2) is 8.31. The maximum absolute atomic E-state index is 11.3. The van der Waals surface area contributed by atoms with E-state index >= 15 is 0 Å². The largest absolute Gasteiger partial charge is 0.402 e. The summed E-state index contributed by atoms with van der Waals surface area (Å²) in [5.74, 6) is -0.219. The number of hydrogen-bond donors (Lipinski definition) is 3. The molecule has 0 aromatic rings. The molecule has 1 atom stereocenters. The number of aliphatic hydroxyl groups is 1. The van der Waals surface area contributed by atoms with E-state index in [-0.39, 0.29) is 5.91 Å². The number of aliphatic hydroxyl groups excluding tert-OH is 1. The van der Waals surface area contributed by atoms with Gasteiger partial charge < -0.3 is 16.2 Å². The Kier molecular flexibility index (Phi) is 7.47. The number of rotatable bonds is 7. The number of carbonyl (C=O) groups excluding carboxylic acids is 1. The zero-order valence-corrected chi connectivity index (χ0v) is 11.1. The lowest BCUT2D eigenvalue weighted by Crippen LogP contribution is -2.19. The van der Waals surface area contributed by atoms with Crippen LogP contribution in [0.4, 0.5) is 0 Å². The van der Waals surface area contributed by atoms with Gasteiger partial charge in [0.15, 0.2) is 0 Å². The van der Waals surface area contributed by atoms with Gasteiger partial charge in [-0.25, -0.2) is 0 Å². The van der Waals surface area contributed by atoms with Gasteiger partial charge in [-0.2, -0.15) is 0 Å². The topological polar surface area (TPSA) is 75.4 Å². The van der Waals surface area contributed by atoms with E-state index in [1.54, 1.807) is 19.1 Å². The highest BCUT2D eigenvalue weighted by Gasteiger charge is 1.99. The Morgan fingerprint density at radius 3 is 2.61 bits per heavy atom. The van der Waals surface area contributed by atoms with Crippen molar-refractivity contribution in [3.8, 4) is 0 Å². The Balaban J connectivity index is 4.20. The minimum absolute atomic E-state index is 0.219.